The van der Waals surface area contributed by atoms with Gasteiger partial charge in [0.2, 0.25) is 0 Å². The van der Waals surface area contributed by atoms with Crippen LogP contribution in [0, 0.1) is 11.3 Å². The molecule has 0 amide bonds. The molecule has 164 valence electrons. The van der Waals surface area contributed by atoms with Crippen molar-refractivity contribution in [3.05, 3.63) is 0 Å². The Balaban J connectivity index is -0.000000491. The van der Waals surface area contributed by atoms with Gasteiger partial charge < -0.3 is 18.1 Å². The molecule has 0 spiro atoms. The predicted molar refractivity (Wildman–Crippen MR) is 115 cm³/mol. The second-order valence-electron chi connectivity index (χ2n) is 6.08. The van der Waals surface area contributed by atoms with E-state index in [2.05, 4.69) is 54.4 Å². The van der Waals surface area contributed by atoms with E-state index in [1.54, 1.807) is 0 Å². The fourth-order valence-electron chi connectivity index (χ4n) is 2.01. The molecule has 0 rings (SSSR count). The Hall–Kier alpha value is -0.0500. The van der Waals surface area contributed by atoms with Crippen LogP contribution in [0.2, 0.25) is 0 Å². The number of nitrogens with zero attached hydrogens (tertiary/aromatic N) is 2. The van der Waals surface area contributed by atoms with Crippen molar-refractivity contribution >= 4 is 16.1 Å². The van der Waals surface area contributed by atoms with Gasteiger partial charge in [-0.3, -0.25) is 4.57 Å². The summed E-state index contributed by atoms with van der Waals surface area (Å²) in [4.78, 5) is 0. The molecule has 1 atom stereocenters. The van der Waals surface area contributed by atoms with Crippen molar-refractivity contribution in [2.45, 2.75) is 80.3 Å². The minimum atomic E-state index is -2.68. The van der Waals surface area contributed by atoms with Gasteiger partial charge in [-0.25, -0.2) is 4.67 Å². The second kappa shape index (κ2) is 19.3. The Morgan fingerprint density at radius 1 is 1.00 bits per heavy atom. The third-order valence-electron chi connectivity index (χ3n) is 3.12. The molecule has 7 nitrogen and oxygen atoms in total. The zero-order chi connectivity index (χ0) is 20.6. The molecule has 0 aromatic rings. The molecule has 1 unspecified atom stereocenters. The first kappa shape index (κ1) is 31.6. The lowest BCUT2D eigenvalue weighted by molar-refractivity contribution is 0.176. The van der Waals surface area contributed by atoms with Crippen molar-refractivity contribution in [1.29, 1.82) is 5.26 Å². The van der Waals surface area contributed by atoms with Crippen LogP contribution >= 0.6 is 16.1 Å². The third kappa shape index (κ3) is 15.5. The Kier molecular flexibility index (Phi) is 22.6. The normalized spacial score (nSPS) is 12.4. The maximum atomic E-state index is 11.1. The van der Waals surface area contributed by atoms with Gasteiger partial charge in [-0.1, -0.05) is 21.3 Å². The molecule has 0 bridgehead atoms. The van der Waals surface area contributed by atoms with E-state index in [0.717, 1.165) is 12.8 Å². The molecule has 0 fully saturated rings. The third-order valence-corrected chi connectivity index (χ3v) is 7.34. The summed E-state index contributed by atoms with van der Waals surface area (Å²) in [6, 6.07) is 2.84. The quantitative estimate of drug-likeness (QED) is 0.255. The summed E-state index contributed by atoms with van der Waals surface area (Å²) in [5, 5.41) is 8.53. The molecular formula is C18H42N2O5P2. The van der Waals surface area contributed by atoms with Crippen LogP contribution in [0.15, 0.2) is 0 Å². The maximum absolute atomic E-state index is 11.1. The van der Waals surface area contributed by atoms with Gasteiger partial charge in [-0.2, -0.15) is 5.26 Å². The highest BCUT2D eigenvalue weighted by atomic mass is 31.2. The van der Waals surface area contributed by atoms with Gasteiger partial charge in [-0.05, 0) is 40.5 Å². The van der Waals surface area contributed by atoms with E-state index in [-0.39, 0.29) is 7.43 Å². The smallest absolute Gasteiger partial charge is 0.322 e. The first-order valence-electron chi connectivity index (χ1n) is 9.14. The number of hydrogen-bond acceptors (Lipinski definition) is 7. The van der Waals surface area contributed by atoms with E-state index < -0.39 is 16.1 Å². The number of nitriles is 1. The molecule has 9 heteroatoms. The minimum absolute atomic E-state index is 0. The molecule has 0 aliphatic rings. The Bertz CT molecular complexity index is 401. The van der Waals surface area contributed by atoms with E-state index in [1.807, 2.05) is 6.92 Å². The molecule has 0 saturated heterocycles. The topological polar surface area (TPSA) is 81.0 Å². The van der Waals surface area contributed by atoms with Gasteiger partial charge in [0.05, 0.1) is 25.7 Å². The monoisotopic (exact) mass is 428 g/mol. The van der Waals surface area contributed by atoms with Crippen LogP contribution in [0.25, 0.3) is 0 Å². The molecule has 27 heavy (non-hydrogen) atoms. The summed E-state index contributed by atoms with van der Waals surface area (Å²) in [7, 11) is -0.914. The lowest BCUT2D eigenvalue weighted by Gasteiger charge is -2.35. The van der Waals surface area contributed by atoms with E-state index in [4.69, 9.17) is 14.3 Å². The highest BCUT2D eigenvalue weighted by molar-refractivity contribution is 7.53. The number of hydrogen-bond donors (Lipinski definition) is 0. The minimum Gasteiger partial charge on any atom is -0.322 e. The fraction of sp³-hybridized carbons (Fsp3) is 0.944. The molecule has 0 saturated carbocycles. The van der Waals surface area contributed by atoms with Crippen molar-refractivity contribution in [1.82, 2.24) is 4.67 Å². The summed E-state index contributed by atoms with van der Waals surface area (Å²) in [5.74, 6) is 0. The fourth-order valence-corrected chi connectivity index (χ4v) is 4.76. The van der Waals surface area contributed by atoms with E-state index in [0.29, 0.717) is 37.9 Å². The van der Waals surface area contributed by atoms with Gasteiger partial charge in [-0.15, -0.1) is 0 Å². The first-order chi connectivity index (χ1) is 12.2. The molecule has 0 aromatic heterocycles. The summed E-state index contributed by atoms with van der Waals surface area (Å²) in [5.41, 5.74) is 0. The zero-order valence-electron chi connectivity index (χ0n) is 17.7. The predicted octanol–water partition coefficient (Wildman–Crippen LogP) is 6.21. The maximum Gasteiger partial charge on any atom is 0.330 e. The van der Waals surface area contributed by atoms with Gasteiger partial charge in [0.25, 0.3) is 8.53 Å². The first-order valence-corrected chi connectivity index (χ1v) is 12.0. The summed E-state index contributed by atoms with van der Waals surface area (Å²) in [6.07, 6.45) is 2.71. The van der Waals surface area contributed by atoms with Crippen molar-refractivity contribution in [2.24, 2.45) is 0 Å². The molecule has 0 aromatic carbocycles. The molecule has 0 heterocycles. The summed E-state index contributed by atoms with van der Waals surface area (Å²) >= 11 is 0. The Morgan fingerprint density at radius 3 is 1.78 bits per heavy atom. The molecule has 0 aliphatic heterocycles. The van der Waals surface area contributed by atoms with Gasteiger partial charge in [0.15, 0.2) is 0 Å². The summed E-state index contributed by atoms with van der Waals surface area (Å²) < 4.78 is 34.2. The van der Waals surface area contributed by atoms with Crippen LogP contribution in [-0.4, -0.2) is 50.3 Å². The van der Waals surface area contributed by atoms with Gasteiger partial charge in [0.1, 0.15) is 0 Å². The Morgan fingerprint density at radius 2 is 1.48 bits per heavy atom. The highest BCUT2D eigenvalue weighted by Gasteiger charge is 2.26. The lowest BCUT2D eigenvalue weighted by atomic mass is 10.3. The Labute approximate surface area is 169 Å². The average molecular weight is 428 g/mol. The second-order valence-corrected chi connectivity index (χ2v) is 9.93. The van der Waals surface area contributed by atoms with Crippen LogP contribution < -0.4 is 0 Å². The van der Waals surface area contributed by atoms with Crippen molar-refractivity contribution in [3.63, 3.8) is 0 Å². The summed E-state index contributed by atoms with van der Waals surface area (Å²) in [6.45, 7) is 13.7. The van der Waals surface area contributed by atoms with Crippen LogP contribution in [0.1, 0.15) is 68.2 Å². The largest absolute Gasteiger partial charge is 0.330 e. The van der Waals surface area contributed by atoms with Gasteiger partial charge >= 0.3 is 7.60 Å². The van der Waals surface area contributed by atoms with Crippen molar-refractivity contribution < 1.29 is 22.7 Å². The van der Waals surface area contributed by atoms with Crippen molar-refractivity contribution in [2.75, 3.05) is 33.6 Å². The standard InChI is InChI=1S/C12H25N2O2P.C5H13O3P.CH4/c1-6-9-15-17(16-10-7-8-13)14(11(2)3)12(4)5;1-4-5-9(6,7-2)8-3;/h11-12H,6-7,9-10H2,1-5H3;4-5H2,1-3H3;1H4. The molecular weight excluding hydrogens is 386 g/mol. The van der Waals surface area contributed by atoms with Gasteiger partial charge in [0, 0.05) is 32.5 Å². The van der Waals surface area contributed by atoms with Crippen molar-refractivity contribution in [3.8, 4) is 6.07 Å². The highest BCUT2D eigenvalue weighted by Crippen LogP contribution is 2.46. The SMILES string of the molecule is C.CCCOP(OCCC#N)N(C(C)C)C(C)C.CCCP(=O)(OC)OC. The van der Waals surface area contributed by atoms with Crippen LogP contribution in [0.4, 0.5) is 0 Å². The van der Waals surface area contributed by atoms with Crippen LogP contribution in [-0.2, 0) is 22.7 Å². The lowest BCUT2D eigenvalue weighted by Crippen LogP contribution is -2.33. The zero-order valence-corrected chi connectivity index (χ0v) is 19.5. The molecule has 0 aliphatic carbocycles. The van der Waals surface area contributed by atoms with Crippen LogP contribution in [0.5, 0.6) is 0 Å². The number of rotatable bonds is 13. The van der Waals surface area contributed by atoms with E-state index in [9.17, 15) is 4.57 Å². The molecule has 0 radical (unpaired) electrons. The average Bonchev–Trinajstić information content (AvgIpc) is 2.59. The molecule has 0 N–H and O–H groups in total. The van der Waals surface area contributed by atoms with Crippen LogP contribution in [0.3, 0.4) is 0 Å². The van der Waals surface area contributed by atoms with E-state index >= 15 is 0 Å². The van der Waals surface area contributed by atoms with E-state index in [1.165, 1.54) is 14.2 Å².